The molecule has 0 aliphatic heterocycles. The summed E-state index contributed by atoms with van der Waals surface area (Å²) in [4.78, 5) is 19.1. The first-order chi connectivity index (χ1) is 12.8. The third-order valence-corrected chi connectivity index (χ3v) is 3.53. The van der Waals surface area contributed by atoms with E-state index >= 15 is 0 Å². The predicted molar refractivity (Wildman–Crippen MR) is 93.4 cm³/mol. The van der Waals surface area contributed by atoms with Crippen LogP contribution in [0.3, 0.4) is 0 Å². The van der Waals surface area contributed by atoms with Crippen LogP contribution in [0.2, 0.25) is 0 Å². The van der Waals surface area contributed by atoms with E-state index in [4.69, 9.17) is 5.11 Å². The monoisotopic (exact) mass is 374 g/mol. The van der Waals surface area contributed by atoms with Crippen LogP contribution < -0.4 is 10.6 Å². The minimum absolute atomic E-state index is 0.152. The van der Waals surface area contributed by atoms with E-state index < -0.39 is 17.7 Å². The summed E-state index contributed by atoms with van der Waals surface area (Å²) >= 11 is 0. The van der Waals surface area contributed by atoms with Crippen LogP contribution in [-0.2, 0) is 6.18 Å². The highest BCUT2D eigenvalue weighted by Gasteiger charge is 2.29. The molecular formula is C18H13F3N4O2. The predicted octanol–water partition coefficient (Wildman–Crippen LogP) is 4.68. The van der Waals surface area contributed by atoms with Gasteiger partial charge in [0.25, 0.3) is 0 Å². The zero-order chi connectivity index (χ0) is 19.4. The molecular weight excluding hydrogens is 361 g/mol. The standard InChI is InChI=1S/C18H13F3N4O2/c19-18(20,21)12-3-7-13(8-4-12)23-15-9-10-22-17(25-15)24-14-5-1-11(2-6-14)16(26)27/h1-10H,(H,26,27)(H2,22,23,24,25). The zero-order valence-corrected chi connectivity index (χ0v) is 13.7. The van der Waals surface area contributed by atoms with E-state index in [-0.39, 0.29) is 11.5 Å². The summed E-state index contributed by atoms with van der Waals surface area (Å²) in [6.07, 6.45) is -2.91. The van der Waals surface area contributed by atoms with Crippen molar-refractivity contribution in [3.05, 3.63) is 71.9 Å². The lowest BCUT2D eigenvalue weighted by molar-refractivity contribution is -0.137. The zero-order valence-electron chi connectivity index (χ0n) is 13.7. The lowest BCUT2D eigenvalue weighted by Crippen LogP contribution is -2.05. The summed E-state index contributed by atoms with van der Waals surface area (Å²) in [7, 11) is 0. The van der Waals surface area contributed by atoms with Gasteiger partial charge in [-0.3, -0.25) is 0 Å². The van der Waals surface area contributed by atoms with Crippen molar-refractivity contribution in [1.82, 2.24) is 9.97 Å². The average molecular weight is 374 g/mol. The second kappa shape index (κ2) is 7.32. The van der Waals surface area contributed by atoms with E-state index in [1.165, 1.54) is 30.5 Å². The Morgan fingerprint density at radius 1 is 0.889 bits per heavy atom. The molecule has 3 rings (SSSR count). The van der Waals surface area contributed by atoms with Crippen LogP contribution in [0.4, 0.5) is 36.3 Å². The van der Waals surface area contributed by atoms with Crippen LogP contribution in [0.25, 0.3) is 0 Å². The lowest BCUT2D eigenvalue weighted by atomic mass is 10.2. The number of hydrogen-bond donors (Lipinski definition) is 3. The van der Waals surface area contributed by atoms with Crippen molar-refractivity contribution >= 4 is 29.1 Å². The van der Waals surface area contributed by atoms with Crippen molar-refractivity contribution in [2.24, 2.45) is 0 Å². The molecule has 0 saturated heterocycles. The molecule has 0 saturated carbocycles. The molecule has 27 heavy (non-hydrogen) atoms. The first-order valence-electron chi connectivity index (χ1n) is 7.69. The van der Waals surface area contributed by atoms with Crippen molar-refractivity contribution in [1.29, 1.82) is 0 Å². The fraction of sp³-hybridized carbons (Fsp3) is 0.0556. The summed E-state index contributed by atoms with van der Waals surface area (Å²) in [5, 5.41) is 14.7. The fourth-order valence-corrected chi connectivity index (χ4v) is 2.20. The third-order valence-electron chi connectivity index (χ3n) is 3.53. The fourth-order valence-electron chi connectivity index (χ4n) is 2.20. The van der Waals surface area contributed by atoms with Gasteiger partial charge in [0.15, 0.2) is 0 Å². The van der Waals surface area contributed by atoms with Gasteiger partial charge in [-0.2, -0.15) is 18.2 Å². The lowest BCUT2D eigenvalue weighted by Gasteiger charge is -2.10. The van der Waals surface area contributed by atoms with Crippen LogP contribution in [0.15, 0.2) is 60.8 Å². The molecule has 1 aromatic heterocycles. The van der Waals surface area contributed by atoms with Crippen LogP contribution in [0.1, 0.15) is 15.9 Å². The van der Waals surface area contributed by atoms with Gasteiger partial charge in [-0.25, -0.2) is 9.78 Å². The minimum Gasteiger partial charge on any atom is -0.478 e. The Kier molecular flexibility index (Phi) is 4.93. The maximum atomic E-state index is 12.6. The minimum atomic E-state index is -4.39. The molecule has 0 atom stereocenters. The largest absolute Gasteiger partial charge is 0.478 e. The average Bonchev–Trinajstić information content (AvgIpc) is 2.62. The maximum absolute atomic E-state index is 12.6. The number of aromatic carboxylic acids is 1. The number of benzene rings is 2. The number of halogens is 3. The van der Waals surface area contributed by atoms with Crippen molar-refractivity contribution in [2.75, 3.05) is 10.6 Å². The topological polar surface area (TPSA) is 87.1 Å². The first kappa shape index (κ1) is 18.2. The number of alkyl halides is 3. The molecule has 0 spiro atoms. The number of carboxylic acids is 1. The Hall–Kier alpha value is -3.62. The quantitative estimate of drug-likeness (QED) is 0.601. The Bertz CT molecular complexity index is 942. The summed E-state index contributed by atoms with van der Waals surface area (Å²) in [5.74, 6) is -0.398. The molecule has 3 N–H and O–H groups in total. The Morgan fingerprint density at radius 3 is 2.07 bits per heavy atom. The van der Waals surface area contributed by atoms with E-state index in [1.807, 2.05) is 0 Å². The van der Waals surface area contributed by atoms with Gasteiger partial charge >= 0.3 is 12.1 Å². The van der Waals surface area contributed by atoms with Crippen molar-refractivity contribution < 1.29 is 23.1 Å². The maximum Gasteiger partial charge on any atom is 0.416 e. The molecule has 6 nitrogen and oxygen atoms in total. The van der Waals surface area contributed by atoms with Crippen molar-refractivity contribution in [3.63, 3.8) is 0 Å². The van der Waals surface area contributed by atoms with E-state index in [2.05, 4.69) is 20.6 Å². The molecule has 3 aromatic rings. The summed E-state index contributed by atoms with van der Waals surface area (Å²) in [6.45, 7) is 0. The molecule has 0 unspecified atom stereocenters. The van der Waals surface area contributed by atoms with Gasteiger partial charge in [-0.1, -0.05) is 0 Å². The molecule has 0 amide bonds. The molecule has 138 valence electrons. The molecule has 0 bridgehead atoms. The normalized spacial score (nSPS) is 11.1. The molecule has 0 fully saturated rings. The highest BCUT2D eigenvalue weighted by atomic mass is 19.4. The van der Waals surface area contributed by atoms with E-state index in [0.29, 0.717) is 17.2 Å². The summed E-state index contributed by atoms with van der Waals surface area (Å²) in [5.41, 5.74) is 0.451. The number of aromatic nitrogens is 2. The van der Waals surface area contributed by atoms with Gasteiger partial charge in [-0.05, 0) is 54.6 Å². The van der Waals surface area contributed by atoms with E-state index in [0.717, 1.165) is 12.1 Å². The molecule has 0 aliphatic rings. The SMILES string of the molecule is O=C(O)c1ccc(Nc2nccc(Nc3ccc(C(F)(F)F)cc3)n2)cc1. The van der Waals surface area contributed by atoms with Crippen molar-refractivity contribution in [2.45, 2.75) is 6.18 Å². The van der Waals surface area contributed by atoms with Crippen LogP contribution in [-0.4, -0.2) is 21.0 Å². The number of hydrogen-bond acceptors (Lipinski definition) is 5. The van der Waals surface area contributed by atoms with E-state index in [1.54, 1.807) is 18.2 Å². The molecule has 0 radical (unpaired) electrons. The summed E-state index contributed by atoms with van der Waals surface area (Å²) in [6, 6.07) is 12.2. The Morgan fingerprint density at radius 2 is 1.48 bits per heavy atom. The van der Waals surface area contributed by atoms with Gasteiger partial charge in [0.2, 0.25) is 5.95 Å². The number of nitrogens with zero attached hydrogens (tertiary/aromatic N) is 2. The Labute approximate surface area is 151 Å². The smallest absolute Gasteiger partial charge is 0.416 e. The second-order valence-corrected chi connectivity index (χ2v) is 5.47. The second-order valence-electron chi connectivity index (χ2n) is 5.47. The molecule has 9 heteroatoms. The molecule has 1 heterocycles. The van der Waals surface area contributed by atoms with Crippen LogP contribution in [0.5, 0.6) is 0 Å². The van der Waals surface area contributed by atoms with Crippen LogP contribution >= 0.6 is 0 Å². The number of rotatable bonds is 5. The van der Waals surface area contributed by atoms with Gasteiger partial charge in [0.1, 0.15) is 5.82 Å². The number of anilines is 4. The van der Waals surface area contributed by atoms with Gasteiger partial charge in [-0.15, -0.1) is 0 Å². The number of nitrogens with one attached hydrogen (secondary N) is 2. The summed E-state index contributed by atoms with van der Waals surface area (Å²) < 4.78 is 37.8. The van der Waals surface area contributed by atoms with E-state index in [9.17, 15) is 18.0 Å². The van der Waals surface area contributed by atoms with Gasteiger partial charge in [0.05, 0.1) is 11.1 Å². The number of carboxylic acid groups (broad SMARTS) is 1. The first-order valence-corrected chi connectivity index (χ1v) is 7.69. The highest BCUT2D eigenvalue weighted by molar-refractivity contribution is 5.88. The van der Waals surface area contributed by atoms with Crippen molar-refractivity contribution in [3.8, 4) is 0 Å². The van der Waals surface area contributed by atoms with Gasteiger partial charge in [0, 0.05) is 17.6 Å². The Balaban J connectivity index is 1.71. The molecule has 2 aromatic carbocycles. The number of carbonyl (C=O) groups is 1. The highest BCUT2D eigenvalue weighted by Crippen LogP contribution is 2.30. The third kappa shape index (κ3) is 4.72. The van der Waals surface area contributed by atoms with Gasteiger partial charge < -0.3 is 15.7 Å². The molecule has 0 aliphatic carbocycles. The van der Waals surface area contributed by atoms with Crippen LogP contribution in [0, 0.1) is 0 Å².